The van der Waals surface area contributed by atoms with Crippen molar-refractivity contribution in [3.05, 3.63) is 60.9 Å². The molecule has 0 saturated carbocycles. The number of likely N-dealkylation sites (tertiary alicyclic amines) is 1. The molecule has 4 heterocycles. The number of carbonyl (C=O) groups is 1. The van der Waals surface area contributed by atoms with Gasteiger partial charge in [-0.2, -0.15) is 0 Å². The van der Waals surface area contributed by atoms with Gasteiger partial charge in [-0.25, -0.2) is 4.98 Å². The number of hydrogen-bond acceptors (Lipinski definition) is 4. The van der Waals surface area contributed by atoms with Gasteiger partial charge in [-0.05, 0) is 37.1 Å². The molecule has 24 heavy (non-hydrogen) atoms. The lowest BCUT2D eigenvalue weighted by atomic mass is 10.0. The lowest BCUT2D eigenvalue weighted by Gasteiger charge is -2.32. The Morgan fingerprint density at radius 1 is 1.08 bits per heavy atom. The minimum Gasteiger partial charge on any atom is -0.459 e. The zero-order valence-electron chi connectivity index (χ0n) is 13.2. The molecule has 0 radical (unpaired) electrons. The number of piperidine rings is 1. The third-order valence-electron chi connectivity index (χ3n) is 4.44. The molecule has 6 heteroatoms. The highest BCUT2D eigenvalue weighted by molar-refractivity contribution is 5.91. The van der Waals surface area contributed by atoms with Gasteiger partial charge in [0.25, 0.3) is 5.91 Å². The van der Waals surface area contributed by atoms with Crippen molar-refractivity contribution in [2.75, 3.05) is 13.1 Å². The summed E-state index contributed by atoms with van der Waals surface area (Å²) in [7, 11) is 0. The maximum Gasteiger partial charge on any atom is 0.289 e. The summed E-state index contributed by atoms with van der Waals surface area (Å²) in [4.78, 5) is 23.1. The fraction of sp³-hybridized carbons (Fsp3) is 0.278. The molecule has 0 spiro atoms. The smallest absolute Gasteiger partial charge is 0.289 e. The van der Waals surface area contributed by atoms with Gasteiger partial charge in [0.1, 0.15) is 5.69 Å². The minimum atomic E-state index is -0.0333. The van der Waals surface area contributed by atoms with Crippen LogP contribution < -0.4 is 0 Å². The molecule has 1 amide bonds. The van der Waals surface area contributed by atoms with E-state index in [9.17, 15) is 4.79 Å². The van der Waals surface area contributed by atoms with Crippen molar-refractivity contribution >= 4 is 5.91 Å². The molecular formula is C18H18N4O2. The van der Waals surface area contributed by atoms with Crippen LogP contribution in [0.1, 0.15) is 29.4 Å². The molecule has 0 aromatic carbocycles. The summed E-state index contributed by atoms with van der Waals surface area (Å²) in [6, 6.07) is 9.61. The number of hydrogen-bond donors (Lipinski definition) is 0. The van der Waals surface area contributed by atoms with E-state index in [1.165, 1.54) is 6.26 Å². The third kappa shape index (κ3) is 2.71. The quantitative estimate of drug-likeness (QED) is 0.743. The Morgan fingerprint density at radius 3 is 2.67 bits per heavy atom. The average Bonchev–Trinajstić information content (AvgIpc) is 3.34. The van der Waals surface area contributed by atoms with Crippen molar-refractivity contribution < 1.29 is 9.21 Å². The second kappa shape index (κ2) is 6.31. The van der Waals surface area contributed by atoms with Gasteiger partial charge in [0.2, 0.25) is 0 Å². The number of imidazole rings is 1. The van der Waals surface area contributed by atoms with E-state index < -0.39 is 0 Å². The normalized spacial score (nSPS) is 15.6. The van der Waals surface area contributed by atoms with Crippen LogP contribution in [0.25, 0.3) is 11.5 Å². The first-order valence-electron chi connectivity index (χ1n) is 8.10. The van der Waals surface area contributed by atoms with Crippen LogP contribution >= 0.6 is 0 Å². The first-order valence-corrected chi connectivity index (χ1v) is 8.10. The van der Waals surface area contributed by atoms with E-state index in [0.29, 0.717) is 24.9 Å². The summed E-state index contributed by atoms with van der Waals surface area (Å²) < 4.78 is 7.39. The monoisotopic (exact) mass is 322 g/mol. The maximum absolute atomic E-state index is 12.3. The van der Waals surface area contributed by atoms with E-state index in [2.05, 4.69) is 14.5 Å². The number of rotatable bonds is 3. The number of amides is 1. The van der Waals surface area contributed by atoms with Crippen LogP contribution in [-0.2, 0) is 0 Å². The van der Waals surface area contributed by atoms with E-state index >= 15 is 0 Å². The molecule has 3 aromatic rings. The fourth-order valence-electron chi connectivity index (χ4n) is 3.20. The lowest BCUT2D eigenvalue weighted by Crippen LogP contribution is -2.39. The zero-order valence-corrected chi connectivity index (χ0v) is 13.2. The molecule has 3 aromatic heterocycles. The molecule has 0 unspecified atom stereocenters. The average molecular weight is 322 g/mol. The van der Waals surface area contributed by atoms with E-state index in [-0.39, 0.29) is 5.91 Å². The highest BCUT2D eigenvalue weighted by Gasteiger charge is 2.27. The van der Waals surface area contributed by atoms with Crippen molar-refractivity contribution in [3.63, 3.8) is 0 Å². The summed E-state index contributed by atoms with van der Waals surface area (Å²) in [5, 5.41) is 0. The molecule has 122 valence electrons. The Morgan fingerprint density at radius 2 is 1.96 bits per heavy atom. The Labute approximate surface area is 139 Å². The van der Waals surface area contributed by atoms with Crippen molar-refractivity contribution in [2.45, 2.75) is 18.9 Å². The Hall–Kier alpha value is -2.89. The molecule has 1 aliphatic rings. The van der Waals surface area contributed by atoms with Gasteiger partial charge in [-0.3, -0.25) is 9.78 Å². The van der Waals surface area contributed by atoms with Gasteiger partial charge in [-0.15, -0.1) is 0 Å². The van der Waals surface area contributed by atoms with Gasteiger partial charge in [-0.1, -0.05) is 6.07 Å². The maximum atomic E-state index is 12.3. The second-order valence-electron chi connectivity index (χ2n) is 5.87. The van der Waals surface area contributed by atoms with Gasteiger partial charge in [0.05, 0.1) is 6.26 Å². The number of aromatic nitrogens is 3. The predicted molar refractivity (Wildman–Crippen MR) is 88.3 cm³/mol. The molecule has 0 N–H and O–H groups in total. The third-order valence-corrected chi connectivity index (χ3v) is 4.44. The lowest BCUT2D eigenvalue weighted by molar-refractivity contribution is 0.0663. The van der Waals surface area contributed by atoms with E-state index in [4.69, 9.17) is 4.42 Å². The van der Waals surface area contributed by atoms with Gasteiger partial charge in [0.15, 0.2) is 11.6 Å². The van der Waals surface area contributed by atoms with Crippen LogP contribution in [0, 0.1) is 0 Å². The standard InChI is InChI=1S/C18H18N4O2/c23-18(16-5-3-13-24-16)21-10-6-14(7-11-21)22-12-9-20-17(22)15-4-1-2-8-19-15/h1-5,8-9,12-14H,6-7,10-11H2. The minimum absolute atomic E-state index is 0.0333. The fourth-order valence-corrected chi connectivity index (χ4v) is 3.20. The second-order valence-corrected chi connectivity index (χ2v) is 5.87. The van der Waals surface area contributed by atoms with Gasteiger partial charge in [0, 0.05) is 37.7 Å². The summed E-state index contributed by atoms with van der Waals surface area (Å²) in [5.74, 6) is 1.26. The molecular weight excluding hydrogens is 304 g/mol. The Kier molecular flexibility index (Phi) is 3.86. The SMILES string of the molecule is O=C(c1ccco1)N1CCC(n2ccnc2-c2ccccn2)CC1. The van der Waals surface area contributed by atoms with Gasteiger partial charge < -0.3 is 13.9 Å². The predicted octanol–water partition coefficient (Wildman–Crippen LogP) is 3.02. The van der Waals surface area contributed by atoms with Crippen LogP contribution in [0.15, 0.2) is 59.6 Å². The first kappa shape index (κ1) is 14.7. The summed E-state index contributed by atoms with van der Waals surface area (Å²) in [6.07, 6.45) is 8.90. The molecule has 6 nitrogen and oxygen atoms in total. The van der Waals surface area contributed by atoms with Crippen molar-refractivity contribution in [3.8, 4) is 11.5 Å². The highest BCUT2D eigenvalue weighted by atomic mass is 16.3. The topological polar surface area (TPSA) is 64.2 Å². The molecule has 4 rings (SSSR count). The van der Waals surface area contributed by atoms with E-state index in [1.54, 1.807) is 18.3 Å². The molecule has 1 saturated heterocycles. The summed E-state index contributed by atoms with van der Waals surface area (Å²) in [5.41, 5.74) is 0.872. The highest BCUT2D eigenvalue weighted by Crippen LogP contribution is 2.28. The Bertz CT molecular complexity index is 803. The van der Waals surface area contributed by atoms with Crippen molar-refractivity contribution in [1.29, 1.82) is 0 Å². The molecule has 1 fully saturated rings. The summed E-state index contributed by atoms with van der Waals surface area (Å²) in [6.45, 7) is 1.42. The largest absolute Gasteiger partial charge is 0.459 e. The first-order chi connectivity index (χ1) is 11.8. The number of furan rings is 1. The molecule has 0 bridgehead atoms. The summed E-state index contributed by atoms with van der Waals surface area (Å²) >= 11 is 0. The van der Waals surface area contributed by atoms with Crippen LogP contribution in [0.3, 0.4) is 0 Å². The molecule has 1 aliphatic heterocycles. The van der Waals surface area contributed by atoms with Crippen LogP contribution in [0.4, 0.5) is 0 Å². The van der Waals surface area contributed by atoms with Crippen molar-refractivity contribution in [1.82, 2.24) is 19.4 Å². The van der Waals surface area contributed by atoms with Gasteiger partial charge >= 0.3 is 0 Å². The van der Waals surface area contributed by atoms with Crippen LogP contribution in [0.5, 0.6) is 0 Å². The molecule has 0 aliphatic carbocycles. The van der Waals surface area contributed by atoms with Crippen LogP contribution in [0.2, 0.25) is 0 Å². The number of nitrogens with zero attached hydrogens (tertiary/aromatic N) is 4. The zero-order chi connectivity index (χ0) is 16.4. The molecule has 0 atom stereocenters. The number of carbonyl (C=O) groups excluding carboxylic acids is 1. The van der Waals surface area contributed by atoms with Crippen molar-refractivity contribution in [2.24, 2.45) is 0 Å². The van der Waals surface area contributed by atoms with E-state index in [0.717, 1.165) is 24.4 Å². The van der Waals surface area contributed by atoms with E-state index in [1.807, 2.05) is 35.5 Å². The van der Waals surface area contributed by atoms with Crippen LogP contribution in [-0.4, -0.2) is 38.4 Å². The Balaban J connectivity index is 1.47. The number of pyridine rings is 1.